The maximum Gasteiger partial charge on any atom is 0.294 e. The number of anilines is 4. The Morgan fingerprint density at radius 1 is 0.475 bits per heavy atom. The lowest BCUT2D eigenvalue weighted by Crippen LogP contribution is -2.19. The van der Waals surface area contributed by atoms with Gasteiger partial charge in [-0.25, -0.2) is 0 Å². The molecule has 0 radical (unpaired) electrons. The highest BCUT2D eigenvalue weighted by Crippen LogP contribution is 2.39. The van der Waals surface area contributed by atoms with Crippen LogP contribution in [0.1, 0.15) is 127 Å². The van der Waals surface area contributed by atoms with Gasteiger partial charge < -0.3 is 19.3 Å². The first-order valence-corrected chi connectivity index (χ1v) is 23.5. The van der Waals surface area contributed by atoms with Crippen molar-refractivity contribution in [2.75, 3.05) is 36.1 Å². The SMILES string of the molecule is CCCCCCOc1ccc(N(CCCC)c2ccc(C(c3ccc(N(CCCC)c4ccc(OCCCCCC)cc4)cc3)c3ccccc3S(=O)(=O)O)cc2)cc1. The number of benzene rings is 5. The van der Waals surface area contributed by atoms with Gasteiger partial charge in [-0.2, -0.15) is 8.42 Å². The Labute approximate surface area is 355 Å². The second-order valence-electron chi connectivity index (χ2n) is 15.4. The summed E-state index contributed by atoms with van der Waals surface area (Å²) in [6.07, 6.45) is 13.6. The summed E-state index contributed by atoms with van der Waals surface area (Å²) in [5.74, 6) is 1.31. The van der Waals surface area contributed by atoms with E-state index in [9.17, 15) is 13.0 Å². The quantitative estimate of drug-likeness (QED) is 0.0338. The van der Waals surface area contributed by atoms with E-state index in [0.29, 0.717) is 5.56 Å². The molecule has 0 aliphatic carbocycles. The van der Waals surface area contributed by atoms with E-state index >= 15 is 0 Å². The number of ether oxygens (including phenoxy) is 2. The average Bonchev–Trinajstić information content (AvgIpc) is 3.25. The Kier molecular flexibility index (Phi) is 18.2. The number of hydrogen-bond acceptors (Lipinski definition) is 6. The average molecular weight is 819 g/mol. The lowest BCUT2D eigenvalue weighted by Gasteiger charge is -2.28. The summed E-state index contributed by atoms with van der Waals surface area (Å²) in [7, 11) is -4.50. The molecule has 0 amide bonds. The topological polar surface area (TPSA) is 79.3 Å². The minimum atomic E-state index is -4.50. The van der Waals surface area contributed by atoms with Crippen LogP contribution in [0.25, 0.3) is 0 Å². The van der Waals surface area contributed by atoms with Crippen molar-refractivity contribution < 1.29 is 22.4 Å². The van der Waals surface area contributed by atoms with Gasteiger partial charge >= 0.3 is 0 Å². The monoisotopic (exact) mass is 818 g/mol. The van der Waals surface area contributed by atoms with Crippen LogP contribution in [0.15, 0.2) is 126 Å². The molecule has 0 aromatic heterocycles. The van der Waals surface area contributed by atoms with Gasteiger partial charge in [0.25, 0.3) is 10.1 Å². The van der Waals surface area contributed by atoms with Gasteiger partial charge in [0, 0.05) is 41.8 Å². The molecule has 0 heterocycles. The first-order valence-electron chi connectivity index (χ1n) is 22.0. The van der Waals surface area contributed by atoms with E-state index in [-0.39, 0.29) is 4.90 Å². The molecule has 0 saturated heterocycles. The fourth-order valence-electron chi connectivity index (χ4n) is 7.53. The molecule has 0 bridgehead atoms. The van der Waals surface area contributed by atoms with Crippen LogP contribution in [0.5, 0.6) is 11.5 Å². The highest BCUT2D eigenvalue weighted by molar-refractivity contribution is 7.85. The zero-order valence-corrected chi connectivity index (χ0v) is 36.6. The molecule has 0 saturated carbocycles. The summed E-state index contributed by atoms with van der Waals surface area (Å²) < 4.78 is 48.1. The highest BCUT2D eigenvalue weighted by Gasteiger charge is 2.25. The Bertz CT molecular complexity index is 1940. The first kappa shape index (κ1) is 45.3. The van der Waals surface area contributed by atoms with Crippen molar-refractivity contribution in [3.63, 3.8) is 0 Å². The van der Waals surface area contributed by atoms with E-state index < -0.39 is 16.0 Å². The van der Waals surface area contributed by atoms with E-state index in [1.54, 1.807) is 12.1 Å². The molecule has 0 aliphatic rings. The van der Waals surface area contributed by atoms with Gasteiger partial charge in [0.1, 0.15) is 11.5 Å². The molecular formula is C51H66N2O5S. The predicted octanol–water partition coefficient (Wildman–Crippen LogP) is 13.9. The molecule has 5 rings (SSSR count). The van der Waals surface area contributed by atoms with Crippen LogP contribution in [-0.4, -0.2) is 39.3 Å². The normalized spacial score (nSPS) is 11.5. The Balaban J connectivity index is 1.44. The summed E-state index contributed by atoms with van der Waals surface area (Å²) >= 11 is 0. The minimum Gasteiger partial charge on any atom is -0.494 e. The number of rotatable bonds is 26. The molecule has 0 fully saturated rings. The predicted molar refractivity (Wildman–Crippen MR) is 246 cm³/mol. The van der Waals surface area contributed by atoms with Gasteiger partial charge in [0.15, 0.2) is 0 Å². The van der Waals surface area contributed by atoms with Crippen molar-refractivity contribution in [1.82, 2.24) is 0 Å². The second kappa shape index (κ2) is 23.7. The van der Waals surface area contributed by atoms with Crippen LogP contribution in [0, 0.1) is 0 Å². The van der Waals surface area contributed by atoms with Crippen molar-refractivity contribution in [3.05, 3.63) is 138 Å². The van der Waals surface area contributed by atoms with E-state index in [0.717, 1.165) is 110 Å². The van der Waals surface area contributed by atoms with Gasteiger partial charge in [0.05, 0.1) is 18.1 Å². The third-order valence-corrected chi connectivity index (χ3v) is 11.8. The van der Waals surface area contributed by atoms with Crippen molar-refractivity contribution in [3.8, 4) is 11.5 Å². The van der Waals surface area contributed by atoms with Crippen LogP contribution >= 0.6 is 0 Å². The van der Waals surface area contributed by atoms with Crippen LogP contribution < -0.4 is 19.3 Å². The Morgan fingerprint density at radius 3 is 1.22 bits per heavy atom. The smallest absolute Gasteiger partial charge is 0.294 e. The Morgan fingerprint density at radius 2 is 0.847 bits per heavy atom. The maximum absolute atomic E-state index is 12.8. The lowest BCUT2D eigenvalue weighted by molar-refractivity contribution is 0.305. The summed E-state index contributed by atoms with van der Waals surface area (Å²) in [6.45, 7) is 12.0. The zero-order chi connectivity index (χ0) is 41.9. The lowest BCUT2D eigenvalue weighted by atomic mass is 9.85. The van der Waals surface area contributed by atoms with Gasteiger partial charge in [0.2, 0.25) is 0 Å². The van der Waals surface area contributed by atoms with Gasteiger partial charge in [-0.05, 0) is 121 Å². The third-order valence-electron chi connectivity index (χ3n) is 10.9. The minimum absolute atomic E-state index is 0.0901. The summed E-state index contributed by atoms with van der Waals surface area (Å²) in [4.78, 5) is 4.56. The second-order valence-corrected chi connectivity index (χ2v) is 16.8. The van der Waals surface area contributed by atoms with Crippen LogP contribution in [0.2, 0.25) is 0 Å². The van der Waals surface area contributed by atoms with E-state index in [4.69, 9.17) is 9.47 Å². The van der Waals surface area contributed by atoms with Gasteiger partial charge in [-0.1, -0.05) is 122 Å². The van der Waals surface area contributed by atoms with Gasteiger partial charge in [-0.3, -0.25) is 4.55 Å². The molecule has 5 aromatic carbocycles. The fraction of sp³-hybridized carbons (Fsp3) is 0.412. The third kappa shape index (κ3) is 13.4. The molecule has 59 heavy (non-hydrogen) atoms. The van der Waals surface area contributed by atoms with E-state index in [2.05, 4.69) is 135 Å². The summed E-state index contributed by atoms with van der Waals surface area (Å²) in [6, 6.07) is 40.3. The van der Waals surface area contributed by atoms with Crippen LogP contribution in [0.4, 0.5) is 22.7 Å². The van der Waals surface area contributed by atoms with Crippen molar-refractivity contribution >= 4 is 32.9 Å². The first-order chi connectivity index (χ1) is 28.8. The van der Waals surface area contributed by atoms with E-state index in [1.807, 2.05) is 6.07 Å². The number of unbranched alkanes of at least 4 members (excludes halogenated alkanes) is 8. The molecule has 5 aromatic rings. The molecule has 8 heteroatoms. The molecular weight excluding hydrogens is 753 g/mol. The molecule has 316 valence electrons. The molecule has 7 nitrogen and oxygen atoms in total. The summed E-state index contributed by atoms with van der Waals surface area (Å²) in [5.41, 5.74) is 6.65. The van der Waals surface area contributed by atoms with Crippen LogP contribution in [-0.2, 0) is 10.1 Å². The standard InChI is InChI=1S/C51H66N2O5S/c1-5-9-13-17-39-57-47-33-29-45(30-34-47)52(37-11-7-3)43-25-21-41(22-26-43)51(49-19-15-16-20-50(49)59(54,55)56)42-23-27-44(28-24-42)53(38-12-8-4)46-31-35-48(36-32-46)58-40-18-14-10-6-2/h15-16,19-36,51H,5-14,17-18,37-40H2,1-4H3,(H,54,55,56). The largest absolute Gasteiger partial charge is 0.494 e. The van der Waals surface area contributed by atoms with Crippen molar-refractivity contribution in [1.29, 1.82) is 0 Å². The number of nitrogens with zero attached hydrogens (tertiary/aromatic N) is 2. The van der Waals surface area contributed by atoms with Crippen molar-refractivity contribution in [2.45, 2.75) is 116 Å². The fourth-order valence-corrected chi connectivity index (χ4v) is 8.26. The zero-order valence-electron chi connectivity index (χ0n) is 35.8. The number of hydrogen-bond donors (Lipinski definition) is 1. The molecule has 0 unspecified atom stereocenters. The molecule has 0 atom stereocenters. The van der Waals surface area contributed by atoms with Crippen molar-refractivity contribution in [2.24, 2.45) is 0 Å². The molecule has 0 spiro atoms. The maximum atomic E-state index is 12.8. The molecule has 1 N–H and O–H groups in total. The van der Waals surface area contributed by atoms with Crippen LogP contribution in [0.3, 0.4) is 0 Å². The molecule has 0 aliphatic heterocycles. The van der Waals surface area contributed by atoms with E-state index in [1.165, 1.54) is 44.6 Å². The highest BCUT2D eigenvalue weighted by atomic mass is 32.2. The summed E-state index contributed by atoms with van der Waals surface area (Å²) in [5, 5.41) is 0. The Hall–Kier alpha value is -4.79. The van der Waals surface area contributed by atoms with Gasteiger partial charge in [-0.15, -0.1) is 0 Å².